The smallest absolute Gasteiger partial charge is 0.234 e. The Balaban J connectivity index is 0.000000546. The van der Waals surface area contributed by atoms with E-state index in [1.165, 1.54) is 21.3 Å². The summed E-state index contributed by atoms with van der Waals surface area (Å²) in [6.07, 6.45) is 1.55. The number of methoxy groups -OCH3 is 4. The maximum Gasteiger partial charge on any atom is 0.234 e. The number of hydrogen-bond acceptors (Lipinski definition) is 9. The molecule has 2 aromatic carbocycles. The SMILES string of the molecule is COc1ccc(/C=C(/C#N)c2cc(OC)c(OC)c(OC)c2)cc1N.NC(=O)C[C@@H](N)C(N)=O. The van der Waals surface area contributed by atoms with Crippen molar-refractivity contribution in [3.8, 4) is 29.1 Å². The third-order valence-corrected chi connectivity index (χ3v) is 4.45. The molecule has 34 heavy (non-hydrogen) atoms. The Labute approximate surface area is 197 Å². The van der Waals surface area contributed by atoms with Crippen LogP contribution >= 0.6 is 0 Å². The van der Waals surface area contributed by atoms with Gasteiger partial charge in [-0.1, -0.05) is 6.07 Å². The molecule has 2 rings (SSSR count). The Morgan fingerprint density at radius 3 is 1.88 bits per heavy atom. The lowest BCUT2D eigenvalue weighted by Crippen LogP contribution is -2.39. The van der Waals surface area contributed by atoms with Crippen LogP contribution in [0.4, 0.5) is 5.69 Å². The number of carbonyl (C=O) groups excluding carboxylic acids is 2. The molecule has 0 saturated heterocycles. The number of ether oxygens (including phenoxy) is 4. The molecule has 0 saturated carbocycles. The van der Waals surface area contributed by atoms with E-state index in [1.807, 2.05) is 6.07 Å². The molecule has 0 heterocycles. The first kappa shape index (κ1) is 27.6. The number of allylic oxidation sites excluding steroid dienone is 1. The van der Waals surface area contributed by atoms with E-state index < -0.39 is 17.9 Å². The molecule has 0 unspecified atom stereocenters. The first-order valence-corrected chi connectivity index (χ1v) is 9.80. The van der Waals surface area contributed by atoms with Gasteiger partial charge in [0.05, 0.1) is 58.2 Å². The summed E-state index contributed by atoms with van der Waals surface area (Å²) in [6.45, 7) is 0. The fourth-order valence-electron chi connectivity index (χ4n) is 2.74. The summed E-state index contributed by atoms with van der Waals surface area (Å²) in [4.78, 5) is 20.2. The Morgan fingerprint density at radius 1 is 0.971 bits per heavy atom. The molecule has 0 fully saturated rings. The van der Waals surface area contributed by atoms with E-state index in [0.717, 1.165) is 5.56 Å². The van der Waals surface area contributed by atoms with Crippen LogP contribution in [0.1, 0.15) is 17.5 Å². The second kappa shape index (κ2) is 13.2. The fraction of sp³-hybridized carbons (Fsp3) is 0.261. The number of nitriles is 1. The van der Waals surface area contributed by atoms with Gasteiger partial charge in [0.15, 0.2) is 11.5 Å². The molecule has 2 aromatic rings. The van der Waals surface area contributed by atoms with Crippen LogP contribution in [0.5, 0.6) is 23.0 Å². The topological polar surface area (TPSA) is 199 Å². The largest absolute Gasteiger partial charge is 0.495 e. The lowest BCUT2D eigenvalue weighted by Gasteiger charge is -2.14. The van der Waals surface area contributed by atoms with Crippen molar-refractivity contribution >= 4 is 29.2 Å². The molecule has 0 radical (unpaired) electrons. The number of primary amides is 2. The van der Waals surface area contributed by atoms with Crippen LogP contribution < -0.4 is 41.9 Å². The zero-order valence-electron chi connectivity index (χ0n) is 19.5. The molecule has 0 bridgehead atoms. The highest BCUT2D eigenvalue weighted by Crippen LogP contribution is 2.40. The van der Waals surface area contributed by atoms with Gasteiger partial charge in [0.25, 0.3) is 0 Å². The molecule has 11 nitrogen and oxygen atoms in total. The molecule has 182 valence electrons. The number of amides is 2. The van der Waals surface area contributed by atoms with E-state index in [2.05, 4.69) is 6.07 Å². The van der Waals surface area contributed by atoms with Crippen LogP contribution in [-0.2, 0) is 9.59 Å². The summed E-state index contributed by atoms with van der Waals surface area (Å²) in [5.74, 6) is 0.678. The minimum absolute atomic E-state index is 0.185. The van der Waals surface area contributed by atoms with E-state index in [4.69, 9.17) is 41.9 Å². The van der Waals surface area contributed by atoms with Crippen molar-refractivity contribution in [3.63, 3.8) is 0 Å². The normalized spacial score (nSPS) is 11.2. The van der Waals surface area contributed by atoms with Gasteiger partial charge in [0.2, 0.25) is 17.6 Å². The third-order valence-electron chi connectivity index (χ3n) is 4.45. The minimum Gasteiger partial charge on any atom is -0.495 e. The van der Waals surface area contributed by atoms with Gasteiger partial charge in [0.1, 0.15) is 5.75 Å². The van der Waals surface area contributed by atoms with Gasteiger partial charge in [0, 0.05) is 0 Å². The lowest BCUT2D eigenvalue weighted by atomic mass is 10.0. The van der Waals surface area contributed by atoms with Gasteiger partial charge >= 0.3 is 0 Å². The number of nitrogens with two attached hydrogens (primary N) is 4. The second-order valence-corrected chi connectivity index (χ2v) is 6.76. The Bertz CT molecular complexity index is 1070. The number of nitrogen functional groups attached to an aromatic ring is 1. The molecular formula is C23H29N5O6. The first-order chi connectivity index (χ1) is 16.1. The van der Waals surface area contributed by atoms with Crippen molar-refractivity contribution in [2.45, 2.75) is 12.5 Å². The summed E-state index contributed by atoms with van der Waals surface area (Å²) in [5.41, 5.74) is 22.7. The molecule has 0 aliphatic heterocycles. The molecule has 1 atom stereocenters. The summed E-state index contributed by atoms with van der Waals surface area (Å²) in [6, 6.07) is 10.0. The predicted octanol–water partition coefficient (Wildman–Crippen LogP) is 1.04. The number of rotatable bonds is 9. The summed E-state index contributed by atoms with van der Waals surface area (Å²) in [5, 5.41) is 9.58. The van der Waals surface area contributed by atoms with Crippen LogP contribution in [0.2, 0.25) is 0 Å². The van der Waals surface area contributed by atoms with Crippen molar-refractivity contribution < 1.29 is 28.5 Å². The monoisotopic (exact) mass is 471 g/mol. The molecule has 0 aliphatic carbocycles. The van der Waals surface area contributed by atoms with Crippen LogP contribution in [0, 0.1) is 11.3 Å². The Morgan fingerprint density at radius 2 is 1.53 bits per heavy atom. The van der Waals surface area contributed by atoms with Crippen molar-refractivity contribution in [2.24, 2.45) is 17.2 Å². The van der Waals surface area contributed by atoms with Gasteiger partial charge in [-0.25, -0.2) is 0 Å². The van der Waals surface area contributed by atoms with Gasteiger partial charge < -0.3 is 41.9 Å². The summed E-state index contributed by atoms with van der Waals surface area (Å²) < 4.78 is 21.1. The van der Waals surface area contributed by atoms with Gasteiger partial charge in [-0.05, 0) is 41.5 Å². The number of benzene rings is 2. The molecule has 0 aromatic heterocycles. The average molecular weight is 472 g/mol. The Hall–Kier alpha value is -4.43. The number of nitrogens with zero attached hydrogens (tertiary/aromatic N) is 1. The van der Waals surface area contributed by atoms with Crippen LogP contribution in [0.15, 0.2) is 30.3 Å². The first-order valence-electron chi connectivity index (χ1n) is 9.80. The van der Waals surface area contributed by atoms with Crippen molar-refractivity contribution in [1.29, 1.82) is 5.26 Å². The summed E-state index contributed by atoms with van der Waals surface area (Å²) in [7, 11) is 6.14. The maximum atomic E-state index is 10.1. The highest BCUT2D eigenvalue weighted by molar-refractivity contribution is 5.91. The van der Waals surface area contributed by atoms with Crippen molar-refractivity contribution in [2.75, 3.05) is 34.2 Å². The number of hydrogen-bond donors (Lipinski definition) is 4. The quantitative estimate of drug-likeness (QED) is 0.234. The minimum atomic E-state index is -0.942. The Kier molecular flexibility index (Phi) is 10.7. The van der Waals surface area contributed by atoms with E-state index in [9.17, 15) is 14.9 Å². The van der Waals surface area contributed by atoms with Gasteiger partial charge in [-0.15, -0.1) is 0 Å². The van der Waals surface area contributed by atoms with Crippen LogP contribution in [0.3, 0.4) is 0 Å². The van der Waals surface area contributed by atoms with Gasteiger partial charge in [-0.3, -0.25) is 9.59 Å². The lowest BCUT2D eigenvalue weighted by molar-refractivity contribution is -0.124. The van der Waals surface area contributed by atoms with Crippen molar-refractivity contribution in [1.82, 2.24) is 0 Å². The molecule has 2 amide bonds. The maximum absolute atomic E-state index is 10.1. The highest BCUT2D eigenvalue weighted by Gasteiger charge is 2.15. The third kappa shape index (κ3) is 7.61. The van der Waals surface area contributed by atoms with E-state index in [-0.39, 0.29) is 6.42 Å². The van der Waals surface area contributed by atoms with Crippen molar-refractivity contribution in [3.05, 3.63) is 41.5 Å². The zero-order valence-corrected chi connectivity index (χ0v) is 19.5. The predicted molar refractivity (Wildman–Crippen MR) is 128 cm³/mol. The molecular weight excluding hydrogens is 442 g/mol. The second-order valence-electron chi connectivity index (χ2n) is 6.76. The van der Waals surface area contributed by atoms with E-state index in [0.29, 0.717) is 39.8 Å². The molecule has 0 spiro atoms. The average Bonchev–Trinajstić information content (AvgIpc) is 2.81. The van der Waals surface area contributed by atoms with Crippen LogP contribution in [0.25, 0.3) is 11.6 Å². The zero-order chi connectivity index (χ0) is 25.8. The van der Waals surface area contributed by atoms with Gasteiger partial charge in [-0.2, -0.15) is 5.26 Å². The number of carbonyl (C=O) groups is 2. The van der Waals surface area contributed by atoms with E-state index >= 15 is 0 Å². The molecule has 11 heteroatoms. The molecule has 0 aliphatic rings. The number of anilines is 1. The van der Waals surface area contributed by atoms with E-state index in [1.54, 1.807) is 37.5 Å². The fourth-order valence-corrected chi connectivity index (χ4v) is 2.74. The highest BCUT2D eigenvalue weighted by atomic mass is 16.5. The summed E-state index contributed by atoms with van der Waals surface area (Å²) >= 11 is 0. The standard InChI is InChI=1S/C19H20N2O4.C4H9N3O2/c1-22-16-6-5-12(8-15(16)21)7-14(11-20)13-9-17(23-2)19(25-4)18(10-13)24-3;5-2(4(7)9)1-3(6)8/h5-10H,21H2,1-4H3;2H,1,5H2,(H2,6,8)(H2,7,9)/b14-7-;/t;2-/m.1/s1. The van der Waals surface area contributed by atoms with Crippen LogP contribution in [-0.4, -0.2) is 46.3 Å². The molecule has 8 N–H and O–H groups in total.